The second-order valence-electron chi connectivity index (χ2n) is 8.64. The first kappa shape index (κ1) is 22.3. The summed E-state index contributed by atoms with van der Waals surface area (Å²) < 4.78 is 29.2. The molecule has 166 valence electrons. The second kappa shape index (κ2) is 8.20. The molecule has 0 radical (unpaired) electrons. The molecule has 2 aromatic rings. The minimum Gasteiger partial charge on any atom is -0.481 e. The first-order valence-electron chi connectivity index (χ1n) is 10.5. The summed E-state index contributed by atoms with van der Waals surface area (Å²) in [6.07, 6.45) is 0.182. The Morgan fingerprint density at radius 3 is 2.45 bits per heavy atom. The Hall–Kier alpha value is -1.93. The minimum absolute atomic E-state index is 0.182. The van der Waals surface area contributed by atoms with Crippen molar-refractivity contribution in [2.24, 2.45) is 5.92 Å². The van der Waals surface area contributed by atoms with Gasteiger partial charge in [-0.05, 0) is 67.1 Å². The van der Waals surface area contributed by atoms with Gasteiger partial charge in [-0.3, -0.25) is 4.79 Å². The van der Waals surface area contributed by atoms with Crippen molar-refractivity contribution in [1.82, 2.24) is 9.62 Å². The summed E-state index contributed by atoms with van der Waals surface area (Å²) in [5.74, 6) is -2.11. The number of fused-ring (bicyclic) bond motifs is 1. The van der Waals surface area contributed by atoms with Crippen LogP contribution < -0.4 is 5.32 Å². The fourth-order valence-electron chi connectivity index (χ4n) is 5.06. The summed E-state index contributed by atoms with van der Waals surface area (Å²) in [5.41, 5.74) is 4.07. The molecule has 1 saturated heterocycles. The van der Waals surface area contributed by atoms with Gasteiger partial charge in [-0.2, -0.15) is 4.31 Å². The topological polar surface area (TPSA) is 86.7 Å². The van der Waals surface area contributed by atoms with E-state index >= 15 is 0 Å². The van der Waals surface area contributed by atoms with Gasteiger partial charge in [0.05, 0.1) is 5.92 Å². The lowest BCUT2D eigenvalue weighted by atomic mass is 9.95. The molecule has 4 atom stereocenters. The summed E-state index contributed by atoms with van der Waals surface area (Å²) in [7, 11) is -3.89. The van der Waals surface area contributed by atoms with Gasteiger partial charge in [0.15, 0.2) is 0 Å². The third kappa shape index (κ3) is 3.78. The van der Waals surface area contributed by atoms with Crippen molar-refractivity contribution in [2.45, 2.75) is 44.5 Å². The van der Waals surface area contributed by atoms with Crippen molar-refractivity contribution in [3.63, 3.8) is 0 Å². The SMILES string of the molecule is Cc1cc(-c2cccc3c2CC(C(=O)O)C3S(=O)(=O)N2C(C)CNCC2C)ccc1Cl. The quantitative estimate of drug-likeness (QED) is 0.724. The summed E-state index contributed by atoms with van der Waals surface area (Å²) in [5, 5.41) is 12.8. The number of nitrogens with zero attached hydrogens (tertiary/aromatic N) is 1. The standard InChI is InChI=1S/C23H27ClN2O4S/c1-13-9-16(7-8-21(13)24)17-5-4-6-18-19(17)10-20(23(27)28)22(18)31(29,30)26-14(2)11-25-12-15(26)3/h4-9,14-15,20,22,25H,10-12H2,1-3H3,(H,27,28). The molecule has 6 nitrogen and oxygen atoms in total. The van der Waals surface area contributed by atoms with Gasteiger partial charge >= 0.3 is 5.97 Å². The van der Waals surface area contributed by atoms with Crippen LogP contribution in [0.4, 0.5) is 0 Å². The Morgan fingerprint density at radius 1 is 1.16 bits per heavy atom. The molecule has 0 saturated carbocycles. The number of aliphatic carboxylic acids is 1. The summed E-state index contributed by atoms with van der Waals surface area (Å²) in [4.78, 5) is 12.2. The lowest BCUT2D eigenvalue weighted by molar-refractivity contribution is -0.141. The molecule has 2 aliphatic rings. The number of hydrogen-bond acceptors (Lipinski definition) is 4. The number of carbonyl (C=O) groups is 1. The van der Waals surface area contributed by atoms with E-state index < -0.39 is 27.2 Å². The number of carboxylic acids is 1. The highest BCUT2D eigenvalue weighted by atomic mass is 35.5. The molecule has 1 aliphatic heterocycles. The van der Waals surface area contributed by atoms with Gasteiger partial charge < -0.3 is 10.4 Å². The predicted molar refractivity (Wildman–Crippen MR) is 122 cm³/mol. The Balaban J connectivity index is 1.86. The van der Waals surface area contributed by atoms with Crippen molar-refractivity contribution >= 4 is 27.6 Å². The van der Waals surface area contributed by atoms with Crippen molar-refractivity contribution in [3.8, 4) is 11.1 Å². The zero-order chi connectivity index (χ0) is 22.5. The van der Waals surface area contributed by atoms with Crippen LogP contribution in [0, 0.1) is 12.8 Å². The lowest BCUT2D eigenvalue weighted by Gasteiger charge is -2.40. The number of hydrogen-bond donors (Lipinski definition) is 2. The molecule has 1 aliphatic carbocycles. The number of piperazine rings is 1. The molecule has 4 rings (SSSR count). The van der Waals surface area contributed by atoms with Crippen LogP contribution in [0.3, 0.4) is 0 Å². The number of aryl methyl sites for hydroxylation is 1. The largest absolute Gasteiger partial charge is 0.481 e. The third-order valence-corrected chi connectivity index (χ3v) is 9.41. The average molecular weight is 463 g/mol. The first-order chi connectivity index (χ1) is 14.6. The Kier molecular flexibility index (Phi) is 5.89. The average Bonchev–Trinajstić information content (AvgIpc) is 3.11. The highest BCUT2D eigenvalue weighted by Gasteiger charge is 2.50. The highest BCUT2D eigenvalue weighted by molar-refractivity contribution is 7.89. The molecular formula is C23H27ClN2O4S. The zero-order valence-electron chi connectivity index (χ0n) is 17.8. The summed E-state index contributed by atoms with van der Waals surface area (Å²) >= 11 is 6.18. The van der Waals surface area contributed by atoms with Crippen molar-refractivity contribution in [1.29, 1.82) is 0 Å². The highest BCUT2D eigenvalue weighted by Crippen LogP contribution is 2.47. The van der Waals surface area contributed by atoms with Crippen LogP contribution in [-0.4, -0.2) is 49.0 Å². The fraction of sp³-hybridized carbons (Fsp3) is 0.435. The lowest BCUT2D eigenvalue weighted by Crippen LogP contribution is -2.58. The maximum atomic E-state index is 13.9. The predicted octanol–water partition coefficient (Wildman–Crippen LogP) is 3.63. The van der Waals surface area contributed by atoms with Crippen molar-refractivity contribution in [3.05, 3.63) is 58.1 Å². The first-order valence-corrected chi connectivity index (χ1v) is 12.3. The molecule has 0 amide bonds. The number of halogens is 1. The van der Waals surface area contributed by atoms with Gasteiger partial charge in [-0.1, -0.05) is 35.9 Å². The maximum absolute atomic E-state index is 13.9. The molecule has 2 aromatic carbocycles. The van der Waals surface area contributed by atoms with Gasteiger partial charge in [0.1, 0.15) is 5.25 Å². The van der Waals surface area contributed by atoms with Crippen LogP contribution in [0.5, 0.6) is 0 Å². The van der Waals surface area contributed by atoms with E-state index in [1.54, 1.807) is 6.07 Å². The van der Waals surface area contributed by atoms with Crippen LogP contribution in [0.1, 0.15) is 35.8 Å². The molecule has 31 heavy (non-hydrogen) atoms. The van der Waals surface area contributed by atoms with Crippen LogP contribution in [0.15, 0.2) is 36.4 Å². The number of sulfonamides is 1. The number of nitrogens with one attached hydrogen (secondary N) is 1. The minimum atomic E-state index is -3.89. The summed E-state index contributed by atoms with van der Waals surface area (Å²) in [6.45, 7) is 6.73. The van der Waals surface area contributed by atoms with Crippen LogP contribution >= 0.6 is 11.6 Å². The molecule has 0 bridgehead atoms. The maximum Gasteiger partial charge on any atom is 0.308 e. The van der Waals surface area contributed by atoms with Crippen LogP contribution in [-0.2, 0) is 21.2 Å². The monoisotopic (exact) mass is 462 g/mol. The Morgan fingerprint density at radius 2 is 1.84 bits per heavy atom. The fourth-order valence-corrected chi connectivity index (χ4v) is 7.76. The van der Waals surface area contributed by atoms with E-state index in [4.69, 9.17) is 11.6 Å². The van der Waals surface area contributed by atoms with E-state index in [0.29, 0.717) is 23.7 Å². The van der Waals surface area contributed by atoms with E-state index in [1.807, 2.05) is 51.1 Å². The molecule has 1 fully saturated rings. The van der Waals surface area contributed by atoms with E-state index in [1.165, 1.54) is 4.31 Å². The molecule has 0 spiro atoms. The van der Waals surface area contributed by atoms with E-state index in [-0.39, 0.29) is 18.5 Å². The molecule has 2 N–H and O–H groups in total. The van der Waals surface area contributed by atoms with Gasteiger partial charge in [-0.25, -0.2) is 8.42 Å². The molecule has 4 unspecified atom stereocenters. The normalized spacial score (nSPS) is 26.6. The van der Waals surface area contributed by atoms with Crippen LogP contribution in [0.2, 0.25) is 5.02 Å². The van der Waals surface area contributed by atoms with E-state index in [0.717, 1.165) is 22.3 Å². The van der Waals surface area contributed by atoms with Gasteiger partial charge in [-0.15, -0.1) is 0 Å². The van der Waals surface area contributed by atoms with E-state index in [2.05, 4.69) is 5.32 Å². The second-order valence-corrected chi connectivity index (χ2v) is 11.0. The van der Waals surface area contributed by atoms with Crippen LogP contribution in [0.25, 0.3) is 11.1 Å². The molecule has 0 aromatic heterocycles. The van der Waals surface area contributed by atoms with E-state index in [9.17, 15) is 18.3 Å². The van der Waals surface area contributed by atoms with Gasteiger partial charge in [0, 0.05) is 30.2 Å². The zero-order valence-corrected chi connectivity index (χ0v) is 19.4. The summed E-state index contributed by atoms with van der Waals surface area (Å²) in [6, 6.07) is 10.7. The molecule has 1 heterocycles. The van der Waals surface area contributed by atoms with Crippen molar-refractivity contribution in [2.75, 3.05) is 13.1 Å². The van der Waals surface area contributed by atoms with Gasteiger partial charge in [0.25, 0.3) is 0 Å². The van der Waals surface area contributed by atoms with Gasteiger partial charge in [0.2, 0.25) is 10.0 Å². The smallest absolute Gasteiger partial charge is 0.308 e. The molecule has 8 heteroatoms. The number of rotatable bonds is 4. The van der Waals surface area contributed by atoms with Crippen molar-refractivity contribution < 1.29 is 18.3 Å². The molecular weight excluding hydrogens is 436 g/mol. The third-order valence-electron chi connectivity index (χ3n) is 6.46. The Labute approximate surface area is 188 Å². The number of carboxylic acid groups (broad SMARTS) is 1. The number of benzene rings is 2. The Bertz CT molecular complexity index is 1120.